The molecule has 0 fully saturated rings. The molecule has 5 aromatic rings. The number of hydrogen-bond acceptors (Lipinski definition) is 7. The van der Waals surface area contributed by atoms with Crippen molar-refractivity contribution in [2.45, 2.75) is 17.8 Å². The number of nitrogens with zero attached hydrogens (tertiary/aromatic N) is 3. The van der Waals surface area contributed by atoms with Crippen LogP contribution in [0.15, 0.2) is 51.7 Å². The van der Waals surface area contributed by atoms with Crippen molar-refractivity contribution >= 4 is 44.7 Å². The Morgan fingerprint density at radius 3 is 2.80 bits per heavy atom. The number of aryl methyl sites for hydroxylation is 1. The molecule has 0 saturated carbocycles. The van der Waals surface area contributed by atoms with Crippen LogP contribution in [0, 0.1) is 12.7 Å². The van der Waals surface area contributed by atoms with E-state index in [1.165, 1.54) is 34.0 Å². The zero-order valence-corrected chi connectivity index (χ0v) is 18.1. The molecule has 0 radical (unpaired) electrons. The van der Waals surface area contributed by atoms with Gasteiger partial charge >= 0.3 is 0 Å². The summed E-state index contributed by atoms with van der Waals surface area (Å²) in [5.74, 6) is 0.939. The Kier molecular flexibility index (Phi) is 4.97. The fourth-order valence-electron chi connectivity index (χ4n) is 3.04. The van der Waals surface area contributed by atoms with Crippen LogP contribution in [0.25, 0.3) is 32.0 Å². The second-order valence-corrected chi connectivity index (χ2v) is 9.58. The Morgan fingerprint density at radius 1 is 1.13 bits per heavy atom. The van der Waals surface area contributed by atoms with Crippen molar-refractivity contribution in [2.75, 3.05) is 0 Å². The van der Waals surface area contributed by atoms with Crippen molar-refractivity contribution in [3.05, 3.63) is 68.7 Å². The Hall–Kier alpha value is -2.82. The molecule has 150 valence electrons. The van der Waals surface area contributed by atoms with Crippen LogP contribution >= 0.6 is 34.4 Å². The Bertz CT molecular complexity index is 1420. The van der Waals surface area contributed by atoms with Crippen molar-refractivity contribution in [1.29, 1.82) is 0 Å². The smallest absolute Gasteiger partial charge is 0.260 e. The molecule has 0 aliphatic heterocycles. The van der Waals surface area contributed by atoms with Crippen LogP contribution < -0.4 is 5.56 Å². The highest BCUT2D eigenvalue weighted by Gasteiger charge is 2.15. The number of benzene rings is 1. The predicted octanol–water partition coefficient (Wildman–Crippen LogP) is 5.24. The molecule has 0 atom stereocenters. The second-order valence-electron chi connectivity index (χ2n) is 6.49. The SMILES string of the molecule is Cc1ccc(-c2csc3nc(CSc4n[nH]c(-c5ccccc5F)n4)[nH]c(=O)c23)s1. The highest BCUT2D eigenvalue weighted by Crippen LogP contribution is 2.35. The van der Waals surface area contributed by atoms with Crippen molar-refractivity contribution in [3.63, 3.8) is 0 Å². The Morgan fingerprint density at radius 2 is 2.00 bits per heavy atom. The van der Waals surface area contributed by atoms with Gasteiger partial charge in [-0.05, 0) is 31.2 Å². The highest BCUT2D eigenvalue weighted by molar-refractivity contribution is 7.98. The monoisotopic (exact) mass is 455 g/mol. The zero-order chi connectivity index (χ0) is 20.7. The number of halogens is 1. The number of H-pyrrole nitrogens is 2. The van der Waals surface area contributed by atoms with Crippen molar-refractivity contribution < 1.29 is 4.39 Å². The van der Waals surface area contributed by atoms with Crippen molar-refractivity contribution in [1.82, 2.24) is 25.1 Å². The lowest BCUT2D eigenvalue weighted by Gasteiger charge is -2.00. The van der Waals surface area contributed by atoms with E-state index in [9.17, 15) is 9.18 Å². The molecule has 0 saturated heterocycles. The first-order chi connectivity index (χ1) is 14.6. The van der Waals surface area contributed by atoms with Gasteiger partial charge in [-0.15, -0.1) is 27.8 Å². The van der Waals surface area contributed by atoms with Crippen LogP contribution in [0.3, 0.4) is 0 Å². The third kappa shape index (κ3) is 3.57. The highest BCUT2D eigenvalue weighted by atomic mass is 32.2. The molecular weight excluding hydrogens is 441 g/mol. The van der Waals surface area contributed by atoms with Crippen molar-refractivity contribution in [2.24, 2.45) is 0 Å². The first kappa shape index (κ1) is 19.2. The maximum atomic E-state index is 13.9. The summed E-state index contributed by atoms with van der Waals surface area (Å²) < 4.78 is 13.9. The number of thioether (sulfide) groups is 1. The van der Waals surface area contributed by atoms with Gasteiger partial charge in [-0.3, -0.25) is 9.89 Å². The summed E-state index contributed by atoms with van der Waals surface area (Å²) in [6, 6.07) is 10.5. The van der Waals surface area contributed by atoms with E-state index >= 15 is 0 Å². The summed E-state index contributed by atoms with van der Waals surface area (Å²) in [6.07, 6.45) is 0. The normalized spacial score (nSPS) is 11.4. The molecule has 30 heavy (non-hydrogen) atoms. The van der Waals surface area contributed by atoms with Crippen LogP contribution in [0.1, 0.15) is 10.7 Å². The van der Waals surface area contributed by atoms with Gasteiger partial charge in [-0.25, -0.2) is 14.4 Å². The third-order valence-corrected chi connectivity index (χ3v) is 7.20. The number of hydrogen-bond donors (Lipinski definition) is 2. The van der Waals surface area contributed by atoms with E-state index in [4.69, 9.17) is 0 Å². The molecule has 0 aliphatic carbocycles. The Balaban J connectivity index is 1.38. The summed E-state index contributed by atoms with van der Waals surface area (Å²) in [7, 11) is 0. The summed E-state index contributed by atoms with van der Waals surface area (Å²) in [4.78, 5) is 27.5. The molecule has 0 amide bonds. The zero-order valence-electron chi connectivity index (χ0n) is 15.6. The average Bonchev–Trinajstić information content (AvgIpc) is 3.46. The molecule has 6 nitrogen and oxygen atoms in total. The van der Waals surface area contributed by atoms with E-state index in [0.717, 1.165) is 10.4 Å². The summed E-state index contributed by atoms with van der Waals surface area (Å²) in [5.41, 5.74) is 1.13. The average molecular weight is 456 g/mol. The summed E-state index contributed by atoms with van der Waals surface area (Å²) in [5, 5.41) is 9.93. The van der Waals surface area contributed by atoms with Gasteiger partial charge in [0.05, 0.1) is 16.7 Å². The van der Waals surface area contributed by atoms with Crippen LogP contribution in [0.2, 0.25) is 0 Å². The van der Waals surface area contributed by atoms with Crippen LogP contribution in [-0.4, -0.2) is 25.1 Å². The van der Waals surface area contributed by atoms with Gasteiger partial charge in [0.25, 0.3) is 5.56 Å². The lowest BCUT2D eigenvalue weighted by Crippen LogP contribution is -2.10. The molecule has 5 rings (SSSR count). The van der Waals surface area contributed by atoms with Gasteiger partial charge < -0.3 is 4.98 Å². The first-order valence-electron chi connectivity index (χ1n) is 8.96. The van der Waals surface area contributed by atoms with Gasteiger partial charge in [0, 0.05) is 20.7 Å². The molecule has 0 aliphatic rings. The number of aromatic amines is 2. The van der Waals surface area contributed by atoms with Gasteiger partial charge in [-0.1, -0.05) is 23.9 Å². The minimum Gasteiger partial charge on any atom is -0.309 e. The molecule has 0 unspecified atom stereocenters. The molecule has 10 heteroatoms. The number of fused-ring (bicyclic) bond motifs is 1. The van der Waals surface area contributed by atoms with E-state index in [1.807, 2.05) is 24.4 Å². The molecule has 2 N–H and O–H groups in total. The van der Waals surface area contributed by atoms with Crippen molar-refractivity contribution in [3.8, 4) is 21.8 Å². The Labute approximate surface area is 182 Å². The minimum absolute atomic E-state index is 0.153. The van der Waals surface area contributed by atoms with E-state index in [2.05, 4.69) is 25.1 Å². The van der Waals surface area contributed by atoms with Crippen LogP contribution in [-0.2, 0) is 5.75 Å². The number of nitrogens with one attached hydrogen (secondary N) is 2. The predicted molar refractivity (Wildman–Crippen MR) is 120 cm³/mol. The maximum absolute atomic E-state index is 13.9. The molecule has 0 spiro atoms. The second kappa shape index (κ2) is 7.78. The van der Waals surface area contributed by atoms with Crippen LogP contribution in [0.5, 0.6) is 0 Å². The molecule has 4 aromatic heterocycles. The maximum Gasteiger partial charge on any atom is 0.260 e. The minimum atomic E-state index is -0.365. The molecule has 4 heterocycles. The summed E-state index contributed by atoms with van der Waals surface area (Å²) in [6.45, 7) is 2.04. The molecule has 0 bridgehead atoms. The lowest BCUT2D eigenvalue weighted by atomic mass is 10.2. The fourth-order valence-corrected chi connectivity index (χ4v) is 5.63. The molecule has 1 aromatic carbocycles. The first-order valence-corrected chi connectivity index (χ1v) is 11.6. The van der Waals surface area contributed by atoms with Gasteiger partial charge in [0.2, 0.25) is 5.16 Å². The van der Waals surface area contributed by atoms with Gasteiger partial charge in [-0.2, -0.15) is 0 Å². The van der Waals surface area contributed by atoms with E-state index in [1.54, 1.807) is 29.5 Å². The largest absolute Gasteiger partial charge is 0.309 e. The lowest BCUT2D eigenvalue weighted by molar-refractivity contribution is 0.630. The van der Waals surface area contributed by atoms with Crippen LogP contribution in [0.4, 0.5) is 4.39 Å². The molecular formula is C20H14FN5OS3. The quantitative estimate of drug-likeness (QED) is 0.354. The van der Waals surface area contributed by atoms with Gasteiger partial charge in [0.15, 0.2) is 5.82 Å². The standard InChI is InChI=1S/C20H14FN5OS3/c1-10-6-7-14(30-10)12-8-28-19-16(12)18(27)22-15(23-19)9-29-20-24-17(25-26-20)11-4-2-3-5-13(11)21/h2-8H,9H2,1H3,(H,22,23,27)(H,24,25,26). The van der Waals surface area contributed by atoms with Gasteiger partial charge in [0.1, 0.15) is 16.5 Å². The van der Waals surface area contributed by atoms with E-state index in [-0.39, 0.29) is 11.4 Å². The topological polar surface area (TPSA) is 87.3 Å². The summed E-state index contributed by atoms with van der Waals surface area (Å²) >= 11 is 4.43. The van der Waals surface area contributed by atoms with E-state index in [0.29, 0.717) is 38.3 Å². The number of thiophene rings is 2. The fraction of sp³-hybridized carbons (Fsp3) is 0.100. The van der Waals surface area contributed by atoms with E-state index < -0.39 is 0 Å². The number of aromatic nitrogens is 5. The number of rotatable bonds is 5. The third-order valence-electron chi connectivity index (χ3n) is 4.43.